The summed E-state index contributed by atoms with van der Waals surface area (Å²) in [4.78, 5) is 31.6. The Morgan fingerprint density at radius 2 is 1.64 bits per heavy atom. The lowest BCUT2D eigenvalue weighted by atomic mass is 9.91. The Bertz CT molecular complexity index is 649. The summed E-state index contributed by atoms with van der Waals surface area (Å²) in [6, 6.07) is 14.4. The van der Waals surface area contributed by atoms with Crippen molar-refractivity contribution in [3.63, 3.8) is 0 Å². The fraction of sp³-hybridized carbons (Fsp3) is 0.278. The van der Waals surface area contributed by atoms with Crippen LogP contribution in [-0.2, 0) is 4.79 Å². The summed E-state index contributed by atoms with van der Waals surface area (Å²) in [6.07, 6.45) is 3.59. The van der Waals surface area contributed by atoms with Gasteiger partial charge in [-0.15, -0.1) is 0 Å². The molecule has 2 heterocycles. The highest BCUT2D eigenvalue weighted by molar-refractivity contribution is 6.13. The van der Waals surface area contributed by atoms with E-state index in [9.17, 15) is 9.59 Å². The molecule has 3 rings (SSSR count). The average Bonchev–Trinajstić information content (AvgIpc) is 3.11. The number of benzene rings is 1. The summed E-state index contributed by atoms with van der Waals surface area (Å²) >= 11 is 0. The summed E-state index contributed by atoms with van der Waals surface area (Å²) in [5.41, 5.74) is 1.07. The van der Waals surface area contributed by atoms with E-state index in [1.165, 1.54) is 0 Å². The molecule has 0 N–H and O–H groups in total. The van der Waals surface area contributed by atoms with E-state index >= 15 is 0 Å². The van der Waals surface area contributed by atoms with Crippen LogP contribution >= 0.6 is 0 Å². The van der Waals surface area contributed by atoms with Gasteiger partial charge in [0.1, 0.15) is 11.6 Å². The molecule has 1 unspecified atom stereocenters. The van der Waals surface area contributed by atoms with Crippen LogP contribution in [0.1, 0.15) is 34.8 Å². The minimum atomic E-state index is -0.797. The number of carbonyl (C=O) groups is 2. The first-order valence-electron chi connectivity index (χ1n) is 7.56. The first kappa shape index (κ1) is 14.4. The molecular formula is C18H18N2O2. The molecule has 1 aromatic heterocycles. The van der Waals surface area contributed by atoms with Crippen molar-refractivity contribution >= 4 is 11.7 Å². The van der Waals surface area contributed by atoms with Crippen LogP contribution in [0, 0.1) is 0 Å². The molecule has 0 spiro atoms. The highest BCUT2D eigenvalue weighted by atomic mass is 16.2. The van der Waals surface area contributed by atoms with Crippen molar-refractivity contribution in [2.75, 3.05) is 13.1 Å². The maximum absolute atomic E-state index is 12.8. The molecule has 1 atom stereocenters. The van der Waals surface area contributed by atoms with Gasteiger partial charge in [0.05, 0.1) is 0 Å². The van der Waals surface area contributed by atoms with Crippen molar-refractivity contribution < 1.29 is 9.59 Å². The lowest BCUT2D eigenvalue weighted by Gasteiger charge is -2.22. The van der Waals surface area contributed by atoms with Gasteiger partial charge in [0.15, 0.2) is 5.78 Å². The molecule has 1 saturated heterocycles. The Kier molecular flexibility index (Phi) is 4.28. The molecule has 0 bridgehead atoms. The number of aromatic nitrogens is 1. The van der Waals surface area contributed by atoms with E-state index in [4.69, 9.17) is 0 Å². The van der Waals surface area contributed by atoms with Crippen molar-refractivity contribution in [3.8, 4) is 0 Å². The van der Waals surface area contributed by atoms with Crippen LogP contribution in [-0.4, -0.2) is 34.7 Å². The normalized spacial score (nSPS) is 15.5. The van der Waals surface area contributed by atoms with E-state index < -0.39 is 5.92 Å². The molecule has 4 nitrogen and oxygen atoms in total. The van der Waals surface area contributed by atoms with E-state index in [1.54, 1.807) is 29.3 Å². The van der Waals surface area contributed by atoms with E-state index in [0.717, 1.165) is 31.5 Å². The van der Waals surface area contributed by atoms with Gasteiger partial charge in [-0.05, 0) is 30.5 Å². The molecule has 112 valence electrons. The second kappa shape index (κ2) is 6.52. The molecule has 1 aromatic carbocycles. The second-order valence-electron chi connectivity index (χ2n) is 5.46. The monoisotopic (exact) mass is 294 g/mol. The minimum Gasteiger partial charge on any atom is -0.342 e. The number of carbonyl (C=O) groups excluding carboxylic acids is 2. The van der Waals surface area contributed by atoms with E-state index in [0.29, 0.717) is 5.69 Å². The smallest absolute Gasteiger partial charge is 0.238 e. The number of likely N-dealkylation sites (tertiary alicyclic amines) is 1. The number of ketones is 1. The van der Waals surface area contributed by atoms with E-state index in [1.807, 2.05) is 30.3 Å². The van der Waals surface area contributed by atoms with Crippen molar-refractivity contribution in [2.24, 2.45) is 0 Å². The average molecular weight is 294 g/mol. The van der Waals surface area contributed by atoms with Gasteiger partial charge in [-0.25, -0.2) is 0 Å². The number of nitrogens with zero attached hydrogens (tertiary/aromatic N) is 2. The Balaban J connectivity index is 1.96. The number of hydrogen-bond donors (Lipinski definition) is 0. The highest BCUT2D eigenvalue weighted by Crippen LogP contribution is 2.24. The molecule has 1 aliphatic rings. The number of rotatable bonds is 4. The Morgan fingerprint density at radius 3 is 2.27 bits per heavy atom. The largest absolute Gasteiger partial charge is 0.342 e. The van der Waals surface area contributed by atoms with Gasteiger partial charge >= 0.3 is 0 Å². The Labute approximate surface area is 129 Å². The molecule has 22 heavy (non-hydrogen) atoms. The first-order valence-corrected chi connectivity index (χ1v) is 7.56. The summed E-state index contributed by atoms with van der Waals surface area (Å²) in [5, 5.41) is 0. The topological polar surface area (TPSA) is 50.3 Å². The van der Waals surface area contributed by atoms with Gasteiger partial charge in [-0.1, -0.05) is 36.4 Å². The van der Waals surface area contributed by atoms with Crippen LogP contribution < -0.4 is 0 Å². The van der Waals surface area contributed by atoms with Crippen molar-refractivity contribution in [2.45, 2.75) is 18.8 Å². The second-order valence-corrected chi connectivity index (χ2v) is 5.46. The third-order valence-corrected chi connectivity index (χ3v) is 3.98. The number of amides is 1. The predicted molar refractivity (Wildman–Crippen MR) is 83.6 cm³/mol. The lowest BCUT2D eigenvalue weighted by molar-refractivity contribution is -0.130. The van der Waals surface area contributed by atoms with Gasteiger partial charge < -0.3 is 4.90 Å². The molecule has 0 aliphatic carbocycles. The third kappa shape index (κ3) is 2.91. The zero-order chi connectivity index (χ0) is 15.4. The zero-order valence-electron chi connectivity index (χ0n) is 12.3. The van der Waals surface area contributed by atoms with Crippen molar-refractivity contribution in [1.82, 2.24) is 9.88 Å². The Morgan fingerprint density at radius 1 is 0.955 bits per heavy atom. The molecule has 2 aromatic rings. The quantitative estimate of drug-likeness (QED) is 0.643. The van der Waals surface area contributed by atoms with Gasteiger partial charge in [0.25, 0.3) is 0 Å². The zero-order valence-corrected chi connectivity index (χ0v) is 12.3. The van der Waals surface area contributed by atoms with Crippen LogP contribution in [0.15, 0.2) is 54.7 Å². The lowest BCUT2D eigenvalue weighted by Crippen LogP contribution is -2.36. The molecule has 0 saturated carbocycles. The van der Waals surface area contributed by atoms with E-state index in [-0.39, 0.29) is 11.7 Å². The molecule has 1 amide bonds. The van der Waals surface area contributed by atoms with Crippen LogP contribution in [0.4, 0.5) is 0 Å². The summed E-state index contributed by atoms with van der Waals surface area (Å²) < 4.78 is 0. The van der Waals surface area contributed by atoms with Crippen molar-refractivity contribution in [3.05, 3.63) is 66.0 Å². The van der Waals surface area contributed by atoms with Crippen LogP contribution in [0.3, 0.4) is 0 Å². The highest BCUT2D eigenvalue weighted by Gasteiger charge is 2.34. The van der Waals surface area contributed by atoms with Crippen LogP contribution in [0.25, 0.3) is 0 Å². The van der Waals surface area contributed by atoms with Crippen LogP contribution in [0.5, 0.6) is 0 Å². The predicted octanol–water partition coefficient (Wildman–Crippen LogP) is 2.67. The van der Waals surface area contributed by atoms with Gasteiger partial charge in [-0.2, -0.15) is 0 Å². The maximum Gasteiger partial charge on any atom is 0.238 e. The number of hydrogen-bond acceptors (Lipinski definition) is 3. The van der Waals surface area contributed by atoms with Crippen molar-refractivity contribution in [1.29, 1.82) is 0 Å². The molecule has 4 heteroatoms. The fourth-order valence-electron chi connectivity index (χ4n) is 2.83. The first-order chi connectivity index (χ1) is 10.8. The molecule has 0 radical (unpaired) electrons. The summed E-state index contributed by atoms with van der Waals surface area (Å²) in [6.45, 7) is 1.47. The van der Waals surface area contributed by atoms with Gasteiger partial charge in [0, 0.05) is 19.3 Å². The molecule has 1 fully saturated rings. The number of pyridine rings is 1. The minimum absolute atomic E-state index is 0.112. The third-order valence-electron chi connectivity index (χ3n) is 3.98. The SMILES string of the molecule is O=C(c1ccccn1)C(C(=O)N1CCCC1)c1ccccc1. The molecular weight excluding hydrogens is 276 g/mol. The standard InChI is InChI=1S/C18H18N2O2/c21-17(15-10-4-5-11-19-15)16(14-8-2-1-3-9-14)18(22)20-12-6-7-13-20/h1-5,8-11,16H,6-7,12-13H2. The number of Topliss-reactive ketones (excluding diaryl/α,β-unsaturated/α-hetero) is 1. The van der Waals surface area contributed by atoms with E-state index in [2.05, 4.69) is 4.98 Å². The maximum atomic E-state index is 12.8. The van der Waals surface area contributed by atoms with Gasteiger partial charge in [0.2, 0.25) is 5.91 Å². The summed E-state index contributed by atoms with van der Waals surface area (Å²) in [7, 11) is 0. The Hall–Kier alpha value is -2.49. The van der Waals surface area contributed by atoms with Crippen LogP contribution in [0.2, 0.25) is 0 Å². The summed E-state index contributed by atoms with van der Waals surface area (Å²) in [5.74, 6) is -1.14. The van der Waals surface area contributed by atoms with Gasteiger partial charge in [-0.3, -0.25) is 14.6 Å². The molecule has 1 aliphatic heterocycles. The fourth-order valence-corrected chi connectivity index (χ4v) is 2.83.